The topological polar surface area (TPSA) is 109 Å². The van der Waals surface area contributed by atoms with E-state index in [1.165, 1.54) is 56.9 Å². The first-order valence-corrected chi connectivity index (χ1v) is 11.8. The van der Waals surface area contributed by atoms with Crippen LogP contribution in [-0.2, 0) is 17.8 Å². The molecule has 2 heterocycles. The second-order valence-corrected chi connectivity index (χ2v) is 8.43. The van der Waals surface area contributed by atoms with Gasteiger partial charge in [0.2, 0.25) is 17.6 Å². The Balaban J connectivity index is 1.38. The van der Waals surface area contributed by atoms with E-state index in [2.05, 4.69) is 34.5 Å². The molecule has 0 aliphatic carbocycles. The Bertz CT molecular complexity index is 865. The van der Waals surface area contributed by atoms with Gasteiger partial charge in [-0.2, -0.15) is 4.98 Å². The smallest absolute Gasteiger partial charge is 0.407 e. The quantitative estimate of drug-likeness (QED) is 0.432. The lowest BCUT2D eigenvalue weighted by molar-refractivity contribution is -0.129. The summed E-state index contributed by atoms with van der Waals surface area (Å²) < 4.78 is 5.23. The zero-order valence-electron chi connectivity index (χ0n) is 18.9. The summed E-state index contributed by atoms with van der Waals surface area (Å²) in [6.45, 7) is 2.70. The highest BCUT2D eigenvalue weighted by molar-refractivity contribution is 5.86. The largest absolute Gasteiger partial charge is 0.465 e. The summed E-state index contributed by atoms with van der Waals surface area (Å²) in [5.41, 5.74) is 2.17. The van der Waals surface area contributed by atoms with Crippen LogP contribution in [0.25, 0.3) is 11.4 Å². The van der Waals surface area contributed by atoms with Crippen molar-refractivity contribution in [3.8, 4) is 11.4 Å². The minimum atomic E-state index is -1.08. The number of carbonyl (C=O) groups excluding carboxylic acids is 1. The fourth-order valence-electron chi connectivity index (χ4n) is 3.90. The number of carboxylic acid groups (broad SMARTS) is 1. The lowest BCUT2D eigenvalue weighted by Gasteiger charge is -2.37. The molecule has 174 valence electrons. The SMILES string of the molecule is CCCCCCCCCCc1ccc(-c2noc(CNC(=O)C3CCN3C(=O)O)n2)cc1. The van der Waals surface area contributed by atoms with Crippen LogP contribution in [0.4, 0.5) is 4.79 Å². The minimum absolute atomic E-state index is 0.0757. The Morgan fingerprint density at radius 1 is 1.09 bits per heavy atom. The van der Waals surface area contributed by atoms with Gasteiger partial charge in [0.25, 0.3) is 0 Å². The van der Waals surface area contributed by atoms with Gasteiger partial charge < -0.3 is 14.9 Å². The predicted molar refractivity (Wildman–Crippen MR) is 121 cm³/mol. The summed E-state index contributed by atoms with van der Waals surface area (Å²) in [5.74, 6) is 0.421. The number of hydrogen-bond acceptors (Lipinski definition) is 5. The monoisotopic (exact) mass is 442 g/mol. The van der Waals surface area contributed by atoms with Crippen molar-refractivity contribution in [2.45, 2.75) is 83.7 Å². The average Bonchev–Trinajstić information content (AvgIpc) is 3.22. The van der Waals surface area contributed by atoms with Gasteiger partial charge in [-0.25, -0.2) is 4.79 Å². The van der Waals surface area contributed by atoms with Gasteiger partial charge in [0.05, 0.1) is 6.54 Å². The molecular formula is C24H34N4O4. The molecule has 2 aromatic rings. The predicted octanol–water partition coefficient (Wildman–Crippen LogP) is 4.79. The molecular weight excluding hydrogens is 408 g/mol. The maximum atomic E-state index is 12.1. The van der Waals surface area contributed by atoms with Crippen LogP contribution in [-0.4, -0.2) is 44.7 Å². The molecule has 0 spiro atoms. The molecule has 1 saturated heterocycles. The second kappa shape index (κ2) is 12.2. The Morgan fingerprint density at radius 2 is 1.78 bits per heavy atom. The third-order valence-corrected chi connectivity index (χ3v) is 5.98. The number of likely N-dealkylation sites (tertiary alicyclic amines) is 1. The van der Waals surface area contributed by atoms with E-state index in [1.807, 2.05) is 12.1 Å². The number of benzene rings is 1. The van der Waals surface area contributed by atoms with Gasteiger partial charge >= 0.3 is 6.09 Å². The zero-order chi connectivity index (χ0) is 22.8. The number of unbranched alkanes of at least 4 members (excludes halogenated alkanes) is 7. The van der Waals surface area contributed by atoms with Crippen molar-refractivity contribution in [2.24, 2.45) is 0 Å². The third-order valence-electron chi connectivity index (χ3n) is 5.98. The van der Waals surface area contributed by atoms with Gasteiger partial charge in [-0.3, -0.25) is 9.69 Å². The Hall–Kier alpha value is -2.90. The van der Waals surface area contributed by atoms with E-state index in [1.54, 1.807) is 0 Å². The number of rotatable bonds is 13. The van der Waals surface area contributed by atoms with Crippen LogP contribution in [0.5, 0.6) is 0 Å². The number of hydrogen-bond donors (Lipinski definition) is 2. The minimum Gasteiger partial charge on any atom is -0.465 e. The van der Waals surface area contributed by atoms with Gasteiger partial charge in [0.1, 0.15) is 6.04 Å². The van der Waals surface area contributed by atoms with Crippen molar-refractivity contribution < 1.29 is 19.2 Å². The fraction of sp³-hybridized carbons (Fsp3) is 0.583. The molecule has 1 aromatic carbocycles. The molecule has 0 bridgehead atoms. The first kappa shape index (κ1) is 23.8. The van der Waals surface area contributed by atoms with E-state index in [-0.39, 0.29) is 18.3 Å². The van der Waals surface area contributed by atoms with Crippen LogP contribution in [0.2, 0.25) is 0 Å². The normalized spacial score (nSPS) is 15.4. The van der Waals surface area contributed by atoms with Crippen molar-refractivity contribution in [1.82, 2.24) is 20.4 Å². The van der Waals surface area contributed by atoms with Gasteiger partial charge in [-0.1, -0.05) is 81.3 Å². The van der Waals surface area contributed by atoms with E-state index < -0.39 is 12.1 Å². The summed E-state index contributed by atoms with van der Waals surface area (Å²) in [5, 5.41) is 15.7. The maximum absolute atomic E-state index is 12.1. The van der Waals surface area contributed by atoms with E-state index in [4.69, 9.17) is 9.63 Å². The maximum Gasteiger partial charge on any atom is 0.407 e. The molecule has 1 aliphatic rings. The van der Waals surface area contributed by atoms with Gasteiger partial charge in [-0.05, 0) is 24.8 Å². The second-order valence-electron chi connectivity index (χ2n) is 8.43. The highest BCUT2D eigenvalue weighted by Gasteiger charge is 2.37. The highest BCUT2D eigenvalue weighted by Crippen LogP contribution is 2.19. The van der Waals surface area contributed by atoms with E-state index in [0.717, 1.165) is 16.9 Å². The van der Waals surface area contributed by atoms with E-state index in [0.29, 0.717) is 18.8 Å². The average molecular weight is 443 g/mol. The Kier molecular flexibility index (Phi) is 9.07. The van der Waals surface area contributed by atoms with E-state index >= 15 is 0 Å². The molecule has 8 heteroatoms. The van der Waals surface area contributed by atoms with Crippen LogP contribution in [0.3, 0.4) is 0 Å². The van der Waals surface area contributed by atoms with Crippen LogP contribution in [0.15, 0.2) is 28.8 Å². The first-order chi connectivity index (χ1) is 15.6. The first-order valence-electron chi connectivity index (χ1n) is 11.8. The summed E-state index contributed by atoms with van der Waals surface area (Å²) in [6, 6.07) is 7.55. The van der Waals surface area contributed by atoms with Crippen LogP contribution >= 0.6 is 0 Å². The zero-order valence-corrected chi connectivity index (χ0v) is 18.9. The molecule has 2 amide bonds. The summed E-state index contributed by atoms with van der Waals surface area (Å²) in [4.78, 5) is 28.5. The molecule has 3 rings (SSSR count). The fourth-order valence-corrected chi connectivity index (χ4v) is 3.90. The molecule has 1 atom stereocenters. The molecule has 32 heavy (non-hydrogen) atoms. The van der Waals surface area contributed by atoms with Gasteiger partial charge in [-0.15, -0.1) is 0 Å². The number of amides is 2. The number of aromatic nitrogens is 2. The molecule has 0 radical (unpaired) electrons. The summed E-state index contributed by atoms with van der Waals surface area (Å²) in [7, 11) is 0. The van der Waals surface area contributed by atoms with Gasteiger partial charge in [0, 0.05) is 12.1 Å². The van der Waals surface area contributed by atoms with Crippen molar-refractivity contribution in [3.05, 3.63) is 35.7 Å². The molecule has 1 aliphatic heterocycles. The van der Waals surface area contributed by atoms with E-state index in [9.17, 15) is 9.59 Å². The molecule has 1 aromatic heterocycles. The van der Waals surface area contributed by atoms with Crippen molar-refractivity contribution in [1.29, 1.82) is 0 Å². The molecule has 0 saturated carbocycles. The summed E-state index contributed by atoms with van der Waals surface area (Å²) >= 11 is 0. The molecule has 1 unspecified atom stereocenters. The van der Waals surface area contributed by atoms with Crippen molar-refractivity contribution in [3.63, 3.8) is 0 Å². The van der Waals surface area contributed by atoms with Crippen LogP contribution < -0.4 is 5.32 Å². The lowest BCUT2D eigenvalue weighted by atomic mass is 10.0. The molecule has 2 N–H and O–H groups in total. The van der Waals surface area contributed by atoms with Crippen LogP contribution in [0.1, 0.15) is 76.2 Å². The van der Waals surface area contributed by atoms with Crippen molar-refractivity contribution in [2.75, 3.05) is 6.54 Å². The van der Waals surface area contributed by atoms with Gasteiger partial charge in [0.15, 0.2) is 0 Å². The summed E-state index contributed by atoms with van der Waals surface area (Å²) in [6.07, 6.45) is 11.1. The highest BCUT2D eigenvalue weighted by atomic mass is 16.5. The lowest BCUT2D eigenvalue weighted by Crippen LogP contribution is -2.57. The standard InChI is InChI=1S/C24H34N4O4/c1-2-3-4-5-6-7-8-9-10-18-11-13-19(14-12-18)22-26-21(32-27-22)17-25-23(29)20-15-16-28(20)24(30)31/h11-14,20H,2-10,15-17H2,1H3,(H,25,29)(H,30,31). The van der Waals surface area contributed by atoms with Crippen molar-refractivity contribution >= 4 is 12.0 Å². The molecule has 1 fully saturated rings. The number of carbonyl (C=O) groups is 2. The number of nitrogens with one attached hydrogen (secondary N) is 1. The third kappa shape index (κ3) is 6.80. The number of nitrogens with zero attached hydrogens (tertiary/aromatic N) is 3. The Labute approximate surface area is 189 Å². The van der Waals surface area contributed by atoms with Crippen LogP contribution in [0, 0.1) is 0 Å². The Morgan fingerprint density at radius 3 is 2.41 bits per heavy atom. The molecule has 8 nitrogen and oxygen atoms in total. The number of aryl methyl sites for hydroxylation is 1.